The van der Waals surface area contributed by atoms with E-state index in [0.29, 0.717) is 5.01 Å². The van der Waals surface area contributed by atoms with Gasteiger partial charge in [0.05, 0.1) is 0 Å². The van der Waals surface area contributed by atoms with Gasteiger partial charge in [-0.1, -0.05) is 0 Å². The molecule has 12 heavy (non-hydrogen) atoms. The van der Waals surface area contributed by atoms with Crippen molar-refractivity contribution < 1.29 is 8.78 Å². The van der Waals surface area contributed by atoms with Gasteiger partial charge in [-0.15, -0.1) is 0 Å². The van der Waals surface area contributed by atoms with Crippen molar-refractivity contribution in [2.24, 2.45) is 5.73 Å². The minimum absolute atomic E-state index is 0.400. The van der Waals surface area contributed by atoms with E-state index in [1.807, 2.05) is 0 Å². The van der Waals surface area contributed by atoms with E-state index in [2.05, 4.69) is 17.2 Å². The Morgan fingerprint density at radius 2 is 2.33 bits per heavy atom. The van der Waals surface area contributed by atoms with E-state index < -0.39 is 11.7 Å². The lowest BCUT2D eigenvalue weighted by atomic mass is 10.9. The van der Waals surface area contributed by atoms with Crippen LogP contribution in [0.1, 0.15) is 0 Å². The zero-order chi connectivity index (χ0) is 9.14. The molecule has 0 spiro atoms. The number of hydrogen-bond acceptors (Lipinski definition) is 2. The third-order valence-corrected chi connectivity index (χ3v) is 1.34. The molecule has 0 aromatic carbocycles. The molecule has 0 aliphatic carbocycles. The molecule has 2 N–H and O–H groups in total. The number of nitrogens with zero attached hydrogens (tertiary/aromatic N) is 3. The van der Waals surface area contributed by atoms with Crippen LogP contribution in [0.15, 0.2) is 18.7 Å². The van der Waals surface area contributed by atoms with Gasteiger partial charge in [0, 0.05) is 12.4 Å². The first-order valence-corrected chi connectivity index (χ1v) is 3.39. The molecule has 0 unspecified atom stereocenters. The molecule has 1 aromatic rings. The molecule has 1 heterocycles. The van der Waals surface area contributed by atoms with Crippen LogP contribution in [0.5, 0.6) is 0 Å². The Hall–Kier alpha value is -1.24. The summed E-state index contributed by atoms with van der Waals surface area (Å²) in [6.45, 7) is -2.77. The van der Waals surface area contributed by atoms with Gasteiger partial charge in [0.1, 0.15) is 6.33 Å². The van der Waals surface area contributed by atoms with E-state index in [9.17, 15) is 8.78 Å². The minimum Gasteiger partial charge on any atom is -0.375 e. The lowest BCUT2D eigenvalue weighted by Gasteiger charge is -2.21. The normalized spacial score (nSPS) is 10.2. The van der Waals surface area contributed by atoms with Crippen LogP contribution < -0.4 is 10.7 Å². The predicted molar refractivity (Wildman–Crippen MR) is 43.2 cm³/mol. The average Bonchev–Trinajstić information content (AvgIpc) is 2.37. The third kappa shape index (κ3) is 1.67. The highest BCUT2D eigenvalue weighted by molar-refractivity contribution is 7.80. The van der Waals surface area contributed by atoms with Crippen LogP contribution >= 0.6 is 12.2 Å². The summed E-state index contributed by atoms with van der Waals surface area (Å²) in [6.07, 6.45) is 3.87. The van der Waals surface area contributed by atoms with Gasteiger partial charge in [0.2, 0.25) is 0 Å². The Labute approximate surface area is 72.6 Å². The molecular formula is C5H6F2N4S. The summed E-state index contributed by atoms with van der Waals surface area (Å²) in [5.74, 6) is 0. The molecule has 0 saturated carbocycles. The number of nitrogens with two attached hydrogens (primary N) is 1. The molecule has 0 aliphatic rings. The molecule has 0 amide bonds. The zero-order valence-corrected chi connectivity index (χ0v) is 6.71. The molecule has 0 atom stereocenters. The fourth-order valence-electron chi connectivity index (χ4n) is 0.690. The second-order valence-corrected chi connectivity index (χ2v) is 2.32. The number of imidazole rings is 1. The first-order chi connectivity index (χ1) is 5.63. The van der Waals surface area contributed by atoms with Crippen LogP contribution in [0.3, 0.4) is 0 Å². The van der Waals surface area contributed by atoms with Crippen LogP contribution in [0.2, 0.25) is 0 Å². The maximum Gasteiger partial charge on any atom is 0.334 e. The van der Waals surface area contributed by atoms with Crippen LogP contribution in [-0.4, -0.2) is 21.3 Å². The van der Waals surface area contributed by atoms with Crippen molar-refractivity contribution in [2.45, 2.75) is 6.55 Å². The average molecular weight is 192 g/mol. The molecular weight excluding hydrogens is 186 g/mol. The largest absolute Gasteiger partial charge is 0.375 e. The Kier molecular flexibility index (Phi) is 2.54. The highest BCUT2D eigenvalue weighted by Crippen LogP contribution is 2.01. The Morgan fingerprint density at radius 1 is 1.67 bits per heavy atom. The maximum absolute atomic E-state index is 12.2. The molecule has 0 aliphatic heterocycles. The number of alkyl halides is 2. The smallest absolute Gasteiger partial charge is 0.334 e. The lowest BCUT2D eigenvalue weighted by molar-refractivity contribution is 0.135. The first kappa shape index (κ1) is 8.85. The monoisotopic (exact) mass is 192 g/mol. The van der Waals surface area contributed by atoms with E-state index in [4.69, 9.17) is 5.73 Å². The maximum atomic E-state index is 12.2. The van der Waals surface area contributed by atoms with Gasteiger partial charge in [0.25, 0.3) is 0 Å². The van der Waals surface area contributed by atoms with E-state index in [0.717, 1.165) is 4.68 Å². The second-order valence-electron chi connectivity index (χ2n) is 1.90. The fraction of sp³-hybridized carbons (Fsp3) is 0.200. The van der Waals surface area contributed by atoms with Crippen molar-refractivity contribution >= 4 is 17.3 Å². The van der Waals surface area contributed by atoms with Crippen molar-refractivity contribution in [1.29, 1.82) is 0 Å². The van der Waals surface area contributed by atoms with Crippen LogP contribution in [0.25, 0.3) is 0 Å². The number of halogens is 2. The van der Waals surface area contributed by atoms with Crippen molar-refractivity contribution in [3.63, 3.8) is 0 Å². The summed E-state index contributed by atoms with van der Waals surface area (Å²) in [7, 11) is 0. The Morgan fingerprint density at radius 3 is 2.67 bits per heavy atom. The molecule has 0 saturated heterocycles. The number of rotatable bonds is 2. The van der Waals surface area contributed by atoms with Crippen molar-refractivity contribution in [1.82, 2.24) is 9.66 Å². The molecule has 1 aromatic heterocycles. The highest BCUT2D eigenvalue weighted by Gasteiger charge is 2.18. The van der Waals surface area contributed by atoms with Crippen molar-refractivity contribution in [3.8, 4) is 0 Å². The first-order valence-electron chi connectivity index (χ1n) is 2.98. The molecule has 0 bridgehead atoms. The van der Waals surface area contributed by atoms with Gasteiger partial charge < -0.3 is 5.73 Å². The molecule has 1 rings (SSSR count). The fourth-order valence-corrected chi connectivity index (χ4v) is 0.864. The predicted octanol–water partition coefficient (Wildman–Crippen LogP) is 0.287. The van der Waals surface area contributed by atoms with Gasteiger partial charge in [-0.25, -0.2) is 9.66 Å². The van der Waals surface area contributed by atoms with Gasteiger partial charge in [-0.05, 0) is 12.2 Å². The minimum atomic E-state index is -2.77. The quantitative estimate of drug-likeness (QED) is 0.540. The van der Waals surface area contributed by atoms with E-state index in [1.54, 1.807) is 0 Å². The van der Waals surface area contributed by atoms with Crippen LogP contribution in [0, 0.1) is 0 Å². The van der Waals surface area contributed by atoms with Crippen LogP contribution in [-0.2, 0) is 0 Å². The number of thiocarbonyl (C=S) groups is 1. The number of aromatic nitrogens is 2. The van der Waals surface area contributed by atoms with Crippen molar-refractivity contribution in [3.05, 3.63) is 18.7 Å². The second kappa shape index (κ2) is 3.44. The standard InChI is InChI=1S/C5H6F2N4S/c6-4(7)11(5(8)12)10-2-1-9-3-10/h1-4H,(H2,8,12). The van der Waals surface area contributed by atoms with Crippen LogP contribution in [0.4, 0.5) is 8.78 Å². The van der Waals surface area contributed by atoms with E-state index in [-0.39, 0.29) is 0 Å². The van der Waals surface area contributed by atoms with E-state index >= 15 is 0 Å². The van der Waals surface area contributed by atoms with Gasteiger partial charge in [-0.3, -0.25) is 0 Å². The molecule has 4 nitrogen and oxygen atoms in total. The summed E-state index contributed by atoms with van der Waals surface area (Å²) < 4.78 is 25.5. The molecule has 66 valence electrons. The highest BCUT2D eigenvalue weighted by atomic mass is 32.1. The third-order valence-electron chi connectivity index (χ3n) is 1.15. The summed E-state index contributed by atoms with van der Waals surface area (Å²) in [4.78, 5) is 3.58. The zero-order valence-electron chi connectivity index (χ0n) is 5.89. The molecule has 0 radical (unpaired) electrons. The van der Waals surface area contributed by atoms with Gasteiger partial charge >= 0.3 is 6.55 Å². The molecule has 0 fully saturated rings. The Balaban J connectivity index is 2.88. The topological polar surface area (TPSA) is 47.1 Å². The van der Waals surface area contributed by atoms with Gasteiger partial charge in [-0.2, -0.15) is 13.8 Å². The lowest BCUT2D eigenvalue weighted by Crippen LogP contribution is -2.46. The van der Waals surface area contributed by atoms with E-state index in [1.165, 1.54) is 18.7 Å². The SMILES string of the molecule is NC(=S)N(C(F)F)n1ccnc1. The molecule has 7 heteroatoms. The summed E-state index contributed by atoms with van der Waals surface area (Å²) in [5, 5.41) is 0.0468. The summed E-state index contributed by atoms with van der Waals surface area (Å²) in [6, 6.07) is 0. The summed E-state index contributed by atoms with van der Waals surface area (Å²) >= 11 is 4.42. The summed E-state index contributed by atoms with van der Waals surface area (Å²) in [5.41, 5.74) is 5.06. The van der Waals surface area contributed by atoms with Gasteiger partial charge in [0.15, 0.2) is 5.11 Å². The van der Waals surface area contributed by atoms with Crippen molar-refractivity contribution in [2.75, 3.05) is 5.01 Å². The number of hydrogen-bond donors (Lipinski definition) is 1. The Bertz CT molecular complexity index is 260.